The third-order valence-corrected chi connectivity index (χ3v) is 6.10. The van der Waals surface area contributed by atoms with Crippen molar-refractivity contribution in [2.24, 2.45) is 0 Å². The lowest BCUT2D eigenvalue weighted by atomic mass is 10.0. The lowest BCUT2D eigenvalue weighted by Gasteiger charge is -2.43. The van der Waals surface area contributed by atoms with Gasteiger partial charge >= 0.3 is 6.61 Å². The Labute approximate surface area is 210 Å². The number of hydrogen-bond acceptors (Lipinski definition) is 3. The molecule has 0 N–H and O–H groups in total. The van der Waals surface area contributed by atoms with E-state index in [4.69, 9.17) is 23.2 Å². The molecular formula is C25H23Cl2F5N2O. The maximum atomic E-state index is 13.7. The molecule has 3 aromatic carbocycles. The highest BCUT2D eigenvalue weighted by Crippen LogP contribution is 2.37. The van der Waals surface area contributed by atoms with Crippen LogP contribution in [0.2, 0.25) is 10.0 Å². The zero-order chi connectivity index (χ0) is 25.5. The topological polar surface area (TPSA) is 15.7 Å². The predicted octanol–water partition coefficient (Wildman–Crippen LogP) is 7.52. The summed E-state index contributed by atoms with van der Waals surface area (Å²) in [4.78, 5) is 4.25. The van der Waals surface area contributed by atoms with Crippen molar-refractivity contribution in [2.45, 2.75) is 19.2 Å². The Kier molecular flexibility index (Phi) is 9.60. The number of nitrogens with zero attached hydrogens (tertiary/aromatic N) is 2. The first-order valence-electron chi connectivity index (χ1n) is 10.6. The van der Waals surface area contributed by atoms with Gasteiger partial charge in [-0.2, -0.15) is 8.78 Å². The van der Waals surface area contributed by atoms with Crippen molar-refractivity contribution in [2.75, 3.05) is 31.7 Å². The van der Waals surface area contributed by atoms with Crippen LogP contribution in [0, 0.1) is 11.6 Å². The second-order valence-electron chi connectivity index (χ2n) is 7.74. The molecule has 1 aliphatic rings. The molecule has 35 heavy (non-hydrogen) atoms. The maximum Gasteiger partial charge on any atom is 0.387 e. The highest BCUT2D eigenvalue weighted by molar-refractivity contribution is 6.36. The van der Waals surface area contributed by atoms with Gasteiger partial charge in [0, 0.05) is 31.2 Å². The quantitative estimate of drug-likeness (QED) is 0.305. The Bertz CT molecular complexity index is 1120. The third kappa shape index (κ3) is 6.99. The number of halogens is 7. The highest BCUT2D eigenvalue weighted by Gasteiger charge is 2.30. The van der Waals surface area contributed by atoms with Gasteiger partial charge in [-0.15, -0.1) is 0 Å². The van der Waals surface area contributed by atoms with E-state index in [9.17, 15) is 22.0 Å². The molecule has 0 bridgehead atoms. The van der Waals surface area contributed by atoms with Crippen LogP contribution in [-0.2, 0) is 6.54 Å². The summed E-state index contributed by atoms with van der Waals surface area (Å²) in [7, 11) is 0.500. The molecule has 0 amide bonds. The predicted molar refractivity (Wildman–Crippen MR) is 128 cm³/mol. The van der Waals surface area contributed by atoms with E-state index in [-0.39, 0.29) is 11.8 Å². The van der Waals surface area contributed by atoms with Crippen LogP contribution < -0.4 is 9.64 Å². The Morgan fingerprint density at radius 3 is 2.26 bits per heavy atom. The maximum absolute atomic E-state index is 13.7. The fourth-order valence-electron chi connectivity index (χ4n) is 4.04. The van der Waals surface area contributed by atoms with Gasteiger partial charge in [0.15, 0.2) is 11.6 Å². The van der Waals surface area contributed by atoms with Gasteiger partial charge in [-0.25, -0.2) is 8.78 Å². The molecule has 1 fully saturated rings. The summed E-state index contributed by atoms with van der Waals surface area (Å²) in [5, 5.41) is 1.02. The van der Waals surface area contributed by atoms with Gasteiger partial charge in [-0.3, -0.25) is 9.29 Å². The number of piperazine rings is 1. The molecule has 0 spiro atoms. The Hall–Kier alpha value is -2.55. The molecule has 3 aromatic rings. The first-order valence-corrected chi connectivity index (χ1v) is 11.4. The minimum atomic E-state index is -2.90. The Morgan fingerprint density at radius 2 is 1.63 bits per heavy atom. The van der Waals surface area contributed by atoms with Crippen LogP contribution in [0.1, 0.15) is 17.2 Å². The average molecular weight is 533 g/mol. The van der Waals surface area contributed by atoms with E-state index in [0.29, 0.717) is 49.0 Å². The number of anilines is 1. The second-order valence-corrected chi connectivity index (χ2v) is 8.58. The molecule has 3 nitrogen and oxygen atoms in total. The van der Waals surface area contributed by atoms with Gasteiger partial charge in [-0.05, 0) is 53.6 Å². The van der Waals surface area contributed by atoms with Gasteiger partial charge in [0.05, 0.1) is 23.9 Å². The summed E-state index contributed by atoms with van der Waals surface area (Å²) in [5.41, 5.74) is 2.33. The Balaban J connectivity index is 0.00000167. The minimum absolute atomic E-state index is 0.0688. The molecule has 0 aromatic heterocycles. The van der Waals surface area contributed by atoms with E-state index in [1.807, 2.05) is 6.07 Å². The van der Waals surface area contributed by atoms with Gasteiger partial charge in [0.1, 0.15) is 5.75 Å². The van der Waals surface area contributed by atoms with E-state index >= 15 is 0 Å². The van der Waals surface area contributed by atoms with E-state index in [1.165, 1.54) is 18.2 Å². The van der Waals surface area contributed by atoms with Crippen LogP contribution >= 0.6 is 23.2 Å². The van der Waals surface area contributed by atoms with E-state index in [1.54, 1.807) is 30.3 Å². The largest absolute Gasteiger partial charge is 0.435 e. The Morgan fingerprint density at radius 1 is 0.914 bits per heavy atom. The molecule has 0 saturated carbocycles. The molecule has 0 aliphatic carbocycles. The molecule has 1 heterocycles. The van der Waals surface area contributed by atoms with Crippen LogP contribution in [-0.4, -0.2) is 38.3 Å². The van der Waals surface area contributed by atoms with Crippen molar-refractivity contribution in [3.05, 3.63) is 93.5 Å². The fraction of sp³-hybridized carbons (Fsp3) is 0.280. The number of ether oxygens (including phenoxy) is 1. The molecule has 0 radical (unpaired) electrons. The van der Waals surface area contributed by atoms with Crippen molar-refractivity contribution in [1.29, 1.82) is 0 Å². The molecule has 10 heteroatoms. The summed E-state index contributed by atoms with van der Waals surface area (Å²) in [6.07, 6.45) is 0. The van der Waals surface area contributed by atoms with Crippen LogP contribution in [0.15, 0.2) is 60.7 Å². The van der Waals surface area contributed by atoms with Crippen LogP contribution in [0.3, 0.4) is 0 Å². The smallest absolute Gasteiger partial charge is 0.387 e. The lowest BCUT2D eigenvalue weighted by molar-refractivity contribution is -0.0498. The first-order chi connectivity index (χ1) is 16.8. The number of alkyl halides is 3. The van der Waals surface area contributed by atoms with Gasteiger partial charge < -0.3 is 9.64 Å². The summed E-state index contributed by atoms with van der Waals surface area (Å²) in [6, 6.07) is 15.4. The van der Waals surface area contributed by atoms with Crippen LogP contribution in [0.4, 0.5) is 27.6 Å². The summed E-state index contributed by atoms with van der Waals surface area (Å²) in [5.74, 6) is -1.70. The summed E-state index contributed by atoms with van der Waals surface area (Å²) < 4.78 is 66.0. The normalized spacial score (nSPS) is 16.1. The number of hydrogen-bond donors (Lipinski definition) is 0. The first kappa shape index (κ1) is 27.0. The fourth-order valence-corrected chi connectivity index (χ4v) is 4.56. The average Bonchev–Trinajstić information content (AvgIpc) is 2.83. The molecule has 188 valence electrons. The minimum Gasteiger partial charge on any atom is -0.435 e. The highest BCUT2D eigenvalue weighted by atomic mass is 35.5. The standard InChI is InChI=1S/C24H20Cl2F4N2O.CH3F/c25-17-4-8-22(19(26)12-17)32-10-9-31(13-15-1-7-20(27)21(28)11-15)14-23(32)16-2-5-18(6-3-16)33-24(29)30;1-2/h1-8,11-12,23-24H,9-10,13-14H2;1H3. The van der Waals surface area contributed by atoms with Crippen molar-refractivity contribution in [3.8, 4) is 5.75 Å². The molecule has 1 atom stereocenters. The number of rotatable bonds is 6. The summed E-state index contributed by atoms with van der Waals surface area (Å²) >= 11 is 12.5. The van der Waals surface area contributed by atoms with E-state index in [0.717, 1.165) is 17.3 Å². The van der Waals surface area contributed by atoms with E-state index < -0.39 is 18.2 Å². The van der Waals surface area contributed by atoms with Crippen molar-refractivity contribution in [1.82, 2.24) is 4.90 Å². The van der Waals surface area contributed by atoms with Gasteiger partial charge in [0.2, 0.25) is 0 Å². The summed E-state index contributed by atoms with van der Waals surface area (Å²) in [6.45, 7) is -0.664. The van der Waals surface area contributed by atoms with Crippen molar-refractivity contribution >= 4 is 28.9 Å². The van der Waals surface area contributed by atoms with Crippen molar-refractivity contribution < 1.29 is 26.7 Å². The van der Waals surface area contributed by atoms with Crippen molar-refractivity contribution in [3.63, 3.8) is 0 Å². The molecule has 1 aliphatic heterocycles. The lowest BCUT2D eigenvalue weighted by Crippen LogP contribution is -2.48. The molecule has 1 unspecified atom stereocenters. The number of benzene rings is 3. The SMILES string of the molecule is CF.Fc1ccc(CN2CCN(c3ccc(Cl)cc3Cl)C(c3ccc(OC(F)F)cc3)C2)cc1F. The molecule has 1 saturated heterocycles. The van der Waals surface area contributed by atoms with Gasteiger partial charge in [0.25, 0.3) is 0 Å². The zero-order valence-electron chi connectivity index (χ0n) is 18.7. The molecular weight excluding hydrogens is 510 g/mol. The van der Waals surface area contributed by atoms with Crippen LogP contribution in [0.25, 0.3) is 0 Å². The van der Waals surface area contributed by atoms with Crippen LogP contribution in [0.5, 0.6) is 5.75 Å². The van der Waals surface area contributed by atoms with E-state index in [2.05, 4.69) is 14.5 Å². The van der Waals surface area contributed by atoms with Gasteiger partial charge in [-0.1, -0.05) is 41.4 Å². The third-order valence-electron chi connectivity index (χ3n) is 5.56. The zero-order valence-corrected chi connectivity index (χ0v) is 20.2. The second kappa shape index (κ2) is 12.4. The molecule has 4 rings (SSSR count). The monoisotopic (exact) mass is 532 g/mol.